The van der Waals surface area contributed by atoms with Crippen LogP contribution < -0.4 is 15.4 Å². The third kappa shape index (κ3) is 6.08. The first-order valence-corrected chi connectivity index (χ1v) is 9.95. The van der Waals surface area contributed by atoms with Crippen LogP contribution in [0.5, 0.6) is 5.75 Å². The fourth-order valence-corrected chi connectivity index (χ4v) is 3.19. The molecule has 0 fully saturated rings. The summed E-state index contributed by atoms with van der Waals surface area (Å²) in [5.41, 5.74) is 1.20. The van der Waals surface area contributed by atoms with E-state index in [0.29, 0.717) is 0 Å². The number of nitrogens with zero attached hydrogens (tertiary/aromatic N) is 4. The Morgan fingerprint density at radius 1 is 1.32 bits per heavy atom. The minimum absolute atomic E-state index is 0. The third-order valence-electron chi connectivity index (χ3n) is 4.71. The molecule has 0 bridgehead atoms. The van der Waals surface area contributed by atoms with Crippen LogP contribution in [0.4, 0.5) is 0 Å². The van der Waals surface area contributed by atoms with Crippen LogP contribution in [0.25, 0.3) is 0 Å². The summed E-state index contributed by atoms with van der Waals surface area (Å²) in [6.45, 7) is 7.41. The molecule has 1 aliphatic heterocycles. The quantitative estimate of drug-likeness (QED) is 0.253. The van der Waals surface area contributed by atoms with Crippen molar-refractivity contribution in [3.05, 3.63) is 42.0 Å². The number of aromatic nitrogens is 3. The Kier molecular flexibility index (Phi) is 9.52. The van der Waals surface area contributed by atoms with Crippen molar-refractivity contribution < 1.29 is 4.74 Å². The van der Waals surface area contributed by atoms with Crippen molar-refractivity contribution >= 4 is 29.9 Å². The first kappa shape index (κ1) is 22.4. The predicted octanol–water partition coefficient (Wildman–Crippen LogP) is 3.32. The van der Waals surface area contributed by atoms with Gasteiger partial charge in [-0.1, -0.05) is 38.5 Å². The van der Waals surface area contributed by atoms with Crippen molar-refractivity contribution in [1.29, 1.82) is 0 Å². The van der Waals surface area contributed by atoms with E-state index in [1.54, 1.807) is 6.33 Å². The number of fused-ring (bicyclic) bond motifs is 1. The van der Waals surface area contributed by atoms with E-state index in [1.807, 2.05) is 12.1 Å². The van der Waals surface area contributed by atoms with E-state index in [-0.39, 0.29) is 30.0 Å². The number of guanidine groups is 1. The van der Waals surface area contributed by atoms with Gasteiger partial charge in [-0.2, -0.15) is 0 Å². The fraction of sp³-hybridized carbons (Fsp3) is 0.550. The van der Waals surface area contributed by atoms with Gasteiger partial charge in [0.25, 0.3) is 0 Å². The normalized spacial score (nSPS) is 15.9. The van der Waals surface area contributed by atoms with Crippen LogP contribution in [0.2, 0.25) is 0 Å². The van der Waals surface area contributed by atoms with Gasteiger partial charge in [0.05, 0.1) is 12.6 Å². The minimum Gasteiger partial charge on any atom is -0.493 e. The lowest BCUT2D eigenvalue weighted by Gasteiger charge is -2.28. The number of hydrogen-bond donors (Lipinski definition) is 2. The number of aryl methyl sites for hydroxylation is 1. The molecule has 1 aliphatic rings. The second-order valence-electron chi connectivity index (χ2n) is 6.68. The van der Waals surface area contributed by atoms with Crippen molar-refractivity contribution in [3.63, 3.8) is 0 Å². The van der Waals surface area contributed by atoms with Crippen LogP contribution in [0.15, 0.2) is 35.6 Å². The lowest BCUT2D eigenvalue weighted by Crippen LogP contribution is -2.42. The Balaban J connectivity index is 0.00000280. The molecule has 2 aromatic rings. The summed E-state index contributed by atoms with van der Waals surface area (Å²) in [7, 11) is 0. The van der Waals surface area contributed by atoms with Gasteiger partial charge in [-0.25, -0.2) is 0 Å². The molecule has 8 heteroatoms. The van der Waals surface area contributed by atoms with Gasteiger partial charge < -0.3 is 19.9 Å². The van der Waals surface area contributed by atoms with Crippen LogP contribution in [0.3, 0.4) is 0 Å². The van der Waals surface area contributed by atoms with Gasteiger partial charge in [-0.3, -0.25) is 4.99 Å². The smallest absolute Gasteiger partial charge is 0.191 e. The zero-order valence-corrected chi connectivity index (χ0v) is 19.1. The average Bonchev–Trinajstić information content (AvgIpc) is 3.16. The maximum atomic E-state index is 5.77. The molecule has 0 spiro atoms. The molecule has 0 radical (unpaired) electrons. The molecule has 1 aromatic heterocycles. The Hall–Kier alpha value is -1.84. The van der Waals surface area contributed by atoms with E-state index >= 15 is 0 Å². The number of hydrogen-bond acceptors (Lipinski definition) is 4. The Morgan fingerprint density at radius 2 is 2.18 bits per heavy atom. The van der Waals surface area contributed by atoms with E-state index in [2.05, 4.69) is 51.4 Å². The van der Waals surface area contributed by atoms with Gasteiger partial charge in [0.2, 0.25) is 0 Å². The molecular formula is C20H31IN6O. The van der Waals surface area contributed by atoms with E-state index < -0.39 is 0 Å². The lowest BCUT2D eigenvalue weighted by atomic mass is 10.0. The number of para-hydroxylation sites is 1. The van der Waals surface area contributed by atoms with Crippen LogP contribution in [-0.4, -0.2) is 40.4 Å². The zero-order chi connectivity index (χ0) is 18.9. The SMILES string of the molecule is CCCCN=C(NCCn1cnnc1CC)NC1CCOc2ccccc21.I. The zero-order valence-electron chi connectivity index (χ0n) is 16.7. The van der Waals surface area contributed by atoms with Crippen molar-refractivity contribution in [2.75, 3.05) is 19.7 Å². The molecule has 2 N–H and O–H groups in total. The molecule has 2 heterocycles. The summed E-state index contributed by atoms with van der Waals surface area (Å²) in [5, 5.41) is 15.2. The van der Waals surface area contributed by atoms with Crippen LogP contribution in [0, 0.1) is 0 Å². The third-order valence-corrected chi connectivity index (χ3v) is 4.71. The van der Waals surface area contributed by atoms with Gasteiger partial charge in [-0.05, 0) is 12.5 Å². The van der Waals surface area contributed by atoms with Crippen molar-refractivity contribution in [2.45, 2.75) is 52.1 Å². The van der Waals surface area contributed by atoms with Crippen molar-refractivity contribution in [1.82, 2.24) is 25.4 Å². The molecule has 1 unspecified atom stereocenters. The summed E-state index contributed by atoms with van der Waals surface area (Å²) >= 11 is 0. The monoisotopic (exact) mass is 498 g/mol. The first-order valence-electron chi connectivity index (χ1n) is 9.95. The molecular weight excluding hydrogens is 467 g/mol. The molecule has 0 amide bonds. The van der Waals surface area contributed by atoms with Gasteiger partial charge in [0.1, 0.15) is 17.9 Å². The minimum atomic E-state index is 0. The molecule has 1 atom stereocenters. The topological polar surface area (TPSA) is 76.4 Å². The van der Waals surface area contributed by atoms with Crippen LogP contribution in [0.1, 0.15) is 50.5 Å². The molecule has 7 nitrogen and oxygen atoms in total. The summed E-state index contributed by atoms with van der Waals surface area (Å²) in [6.07, 6.45) is 5.82. The lowest BCUT2D eigenvalue weighted by molar-refractivity contribution is 0.261. The number of unbranched alkanes of at least 4 members (excludes halogenated alkanes) is 1. The van der Waals surface area contributed by atoms with Gasteiger partial charge in [-0.15, -0.1) is 34.2 Å². The predicted molar refractivity (Wildman–Crippen MR) is 122 cm³/mol. The average molecular weight is 498 g/mol. The number of aliphatic imine (C=N–C) groups is 1. The van der Waals surface area contributed by atoms with E-state index in [1.165, 1.54) is 5.56 Å². The number of nitrogens with one attached hydrogen (secondary N) is 2. The summed E-state index contributed by atoms with van der Waals surface area (Å²) < 4.78 is 7.86. The summed E-state index contributed by atoms with van der Waals surface area (Å²) in [6, 6.07) is 8.44. The first-order chi connectivity index (χ1) is 13.3. The van der Waals surface area contributed by atoms with Crippen molar-refractivity contribution in [2.24, 2.45) is 4.99 Å². The van der Waals surface area contributed by atoms with Gasteiger partial charge in [0, 0.05) is 38.0 Å². The van der Waals surface area contributed by atoms with Crippen molar-refractivity contribution in [3.8, 4) is 5.75 Å². The second kappa shape index (κ2) is 11.9. The van der Waals surface area contributed by atoms with E-state index in [0.717, 1.165) is 69.5 Å². The number of benzene rings is 1. The highest BCUT2D eigenvalue weighted by Crippen LogP contribution is 2.31. The highest BCUT2D eigenvalue weighted by atomic mass is 127. The Morgan fingerprint density at radius 3 is 3.00 bits per heavy atom. The largest absolute Gasteiger partial charge is 0.493 e. The Bertz CT molecular complexity index is 748. The molecule has 0 aliphatic carbocycles. The van der Waals surface area contributed by atoms with Gasteiger partial charge in [0.15, 0.2) is 5.96 Å². The molecule has 28 heavy (non-hydrogen) atoms. The molecule has 3 rings (SSSR count). The van der Waals surface area contributed by atoms with E-state index in [4.69, 9.17) is 9.73 Å². The highest BCUT2D eigenvalue weighted by Gasteiger charge is 2.21. The Labute approximate surface area is 184 Å². The van der Waals surface area contributed by atoms with Crippen LogP contribution in [-0.2, 0) is 13.0 Å². The maximum Gasteiger partial charge on any atom is 0.191 e. The molecule has 0 saturated heterocycles. The van der Waals surface area contributed by atoms with Gasteiger partial charge >= 0.3 is 0 Å². The van der Waals surface area contributed by atoms with Crippen LogP contribution >= 0.6 is 24.0 Å². The number of halogens is 1. The van der Waals surface area contributed by atoms with E-state index in [9.17, 15) is 0 Å². The summed E-state index contributed by atoms with van der Waals surface area (Å²) in [5.74, 6) is 2.83. The molecule has 1 aromatic carbocycles. The second-order valence-corrected chi connectivity index (χ2v) is 6.68. The standard InChI is InChI=1S/C20H30N6O.HI/c1-3-5-11-21-20(22-12-13-26-15-23-25-19(26)4-2)24-17-10-14-27-18-9-7-6-8-16(17)18;/h6-9,15,17H,3-5,10-14H2,1-2H3,(H2,21,22,24);1H. The fourth-order valence-electron chi connectivity index (χ4n) is 3.19. The number of rotatable bonds is 8. The highest BCUT2D eigenvalue weighted by molar-refractivity contribution is 14.0. The summed E-state index contributed by atoms with van der Waals surface area (Å²) in [4.78, 5) is 4.76. The number of ether oxygens (including phenoxy) is 1. The maximum absolute atomic E-state index is 5.77. The molecule has 154 valence electrons. The molecule has 0 saturated carbocycles.